The van der Waals surface area contributed by atoms with Crippen molar-refractivity contribution in [1.82, 2.24) is 0 Å². The van der Waals surface area contributed by atoms with Gasteiger partial charge in [0.2, 0.25) is 0 Å². The molecule has 2 unspecified atom stereocenters. The first-order chi connectivity index (χ1) is 7.94. The third-order valence-electron chi connectivity index (χ3n) is 3.82. The van der Waals surface area contributed by atoms with Crippen molar-refractivity contribution in [2.24, 2.45) is 17.3 Å². The van der Waals surface area contributed by atoms with Crippen LogP contribution in [0.3, 0.4) is 0 Å². The second kappa shape index (κ2) is 7.70. The molecule has 3 nitrogen and oxygen atoms in total. The molecule has 0 amide bonds. The summed E-state index contributed by atoms with van der Waals surface area (Å²) in [6.07, 6.45) is 4.97. The lowest BCUT2D eigenvalue weighted by Gasteiger charge is -2.38. The van der Waals surface area contributed by atoms with Gasteiger partial charge in [0.15, 0.2) is 0 Å². The summed E-state index contributed by atoms with van der Waals surface area (Å²) in [6.45, 7) is 10.7. The first-order valence-electron chi connectivity index (χ1n) is 6.79. The van der Waals surface area contributed by atoms with Gasteiger partial charge >= 0.3 is 5.97 Å². The molecule has 0 rings (SSSR count). The van der Waals surface area contributed by atoms with E-state index in [0.717, 1.165) is 32.1 Å². The second-order valence-corrected chi connectivity index (χ2v) is 5.56. The zero-order valence-electron chi connectivity index (χ0n) is 12.0. The fraction of sp³-hybridized carbons (Fsp3) is 0.929. The lowest BCUT2D eigenvalue weighted by atomic mass is 9.67. The minimum atomic E-state index is -0.477. The van der Waals surface area contributed by atoms with Gasteiger partial charge in [-0.15, -0.1) is 0 Å². The molecule has 0 bridgehead atoms. The molecule has 0 radical (unpaired) electrons. The van der Waals surface area contributed by atoms with Crippen LogP contribution in [-0.2, 0) is 9.68 Å². The van der Waals surface area contributed by atoms with Gasteiger partial charge in [-0.2, -0.15) is 5.26 Å². The first kappa shape index (κ1) is 16.4. The lowest BCUT2D eigenvalue weighted by Crippen LogP contribution is -2.35. The summed E-state index contributed by atoms with van der Waals surface area (Å²) >= 11 is 0. The van der Waals surface area contributed by atoms with Crippen molar-refractivity contribution in [3.8, 4) is 0 Å². The third kappa shape index (κ3) is 4.66. The highest BCUT2D eigenvalue weighted by molar-refractivity contribution is 5.72. The van der Waals surface area contributed by atoms with E-state index in [0.29, 0.717) is 0 Å². The van der Waals surface area contributed by atoms with Crippen LogP contribution in [0, 0.1) is 17.3 Å². The van der Waals surface area contributed by atoms with Crippen molar-refractivity contribution >= 4 is 5.97 Å². The molecule has 2 atom stereocenters. The Morgan fingerprint density at radius 2 is 1.82 bits per heavy atom. The molecule has 0 saturated carbocycles. The van der Waals surface area contributed by atoms with Gasteiger partial charge in [-0.1, -0.05) is 47.5 Å². The van der Waals surface area contributed by atoms with Crippen LogP contribution in [0.4, 0.5) is 0 Å². The van der Waals surface area contributed by atoms with E-state index in [1.807, 2.05) is 6.92 Å². The van der Waals surface area contributed by atoms with Crippen molar-refractivity contribution < 1.29 is 14.9 Å². The number of hydrogen-bond acceptors (Lipinski definition) is 3. The molecule has 3 heteroatoms. The smallest absolute Gasteiger partial charge is 0.301 e. The van der Waals surface area contributed by atoms with E-state index in [1.165, 1.54) is 0 Å². The van der Waals surface area contributed by atoms with Crippen LogP contribution in [0.25, 0.3) is 0 Å². The molecule has 17 heavy (non-hydrogen) atoms. The molecule has 0 fully saturated rings. The molecule has 0 spiro atoms. The Labute approximate surface area is 105 Å². The largest absolute Gasteiger partial charge is 0.345 e. The molecule has 0 aromatic heterocycles. The zero-order valence-corrected chi connectivity index (χ0v) is 12.0. The highest BCUT2D eigenvalue weighted by Gasteiger charge is 2.38. The average Bonchev–Trinajstić information content (AvgIpc) is 2.28. The summed E-state index contributed by atoms with van der Waals surface area (Å²) in [5, 5.41) is 8.60. The molecule has 102 valence electrons. The summed E-state index contributed by atoms with van der Waals surface area (Å²) in [7, 11) is 0. The lowest BCUT2D eigenvalue weighted by molar-refractivity contribution is -0.242. The van der Waals surface area contributed by atoms with Gasteiger partial charge in [0, 0.05) is 0 Å². The molecule has 0 aliphatic carbocycles. The first-order valence-corrected chi connectivity index (χ1v) is 6.79. The van der Waals surface area contributed by atoms with Crippen LogP contribution in [0.15, 0.2) is 0 Å². The minimum Gasteiger partial charge on any atom is -0.301 e. The predicted octanol–water partition coefficient (Wildman–Crippen LogP) is 4.27. The van der Waals surface area contributed by atoms with E-state index >= 15 is 0 Å². The Kier molecular flexibility index (Phi) is 7.44. The predicted molar refractivity (Wildman–Crippen MR) is 69.6 cm³/mol. The maximum Gasteiger partial charge on any atom is 0.345 e. The Morgan fingerprint density at radius 1 is 1.24 bits per heavy atom. The van der Waals surface area contributed by atoms with Gasteiger partial charge in [0.1, 0.15) is 0 Å². The number of carbonyl (C=O) groups excluding carboxylic acids is 1. The second-order valence-electron chi connectivity index (χ2n) is 5.56. The Hall–Kier alpha value is -0.570. The minimum absolute atomic E-state index is 0.111. The Balaban J connectivity index is 4.97. The quantitative estimate of drug-likeness (QED) is 0.512. The maximum absolute atomic E-state index is 11.6. The van der Waals surface area contributed by atoms with E-state index in [9.17, 15) is 4.79 Å². The van der Waals surface area contributed by atoms with Gasteiger partial charge in [-0.3, -0.25) is 0 Å². The highest BCUT2D eigenvalue weighted by Crippen LogP contribution is 2.41. The fourth-order valence-electron chi connectivity index (χ4n) is 2.96. The average molecular weight is 244 g/mol. The summed E-state index contributed by atoms with van der Waals surface area (Å²) < 4.78 is 0. The van der Waals surface area contributed by atoms with E-state index in [2.05, 4.69) is 32.6 Å². The molecule has 0 aromatic carbocycles. The number of carbonyl (C=O) groups is 1. The molecule has 0 aliphatic rings. The summed E-state index contributed by atoms with van der Waals surface area (Å²) in [5.74, 6) is -0.395. The standard InChI is InChI=1S/C14H28O3/c1-6-9-12(14(4,5)10-7-2)11(8-3)13(15)17-16/h11-12,16H,6-10H2,1-5H3. The molecular weight excluding hydrogens is 216 g/mol. The van der Waals surface area contributed by atoms with Crippen molar-refractivity contribution in [2.45, 2.75) is 66.7 Å². The zero-order chi connectivity index (χ0) is 13.5. The van der Waals surface area contributed by atoms with Crippen LogP contribution in [0.5, 0.6) is 0 Å². The van der Waals surface area contributed by atoms with E-state index in [4.69, 9.17) is 5.26 Å². The van der Waals surface area contributed by atoms with Crippen molar-refractivity contribution in [3.63, 3.8) is 0 Å². The van der Waals surface area contributed by atoms with E-state index in [-0.39, 0.29) is 17.3 Å². The van der Waals surface area contributed by atoms with Crippen LogP contribution in [0.2, 0.25) is 0 Å². The van der Waals surface area contributed by atoms with Gasteiger partial charge < -0.3 is 4.89 Å². The molecule has 0 aliphatic heterocycles. The number of rotatable bonds is 8. The Bertz CT molecular complexity index is 224. The van der Waals surface area contributed by atoms with Crippen molar-refractivity contribution in [2.75, 3.05) is 0 Å². The Morgan fingerprint density at radius 3 is 2.18 bits per heavy atom. The summed E-state index contributed by atoms with van der Waals surface area (Å²) in [4.78, 5) is 15.6. The van der Waals surface area contributed by atoms with Crippen LogP contribution < -0.4 is 0 Å². The van der Waals surface area contributed by atoms with Crippen molar-refractivity contribution in [3.05, 3.63) is 0 Å². The summed E-state index contributed by atoms with van der Waals surface area (Å²) in [5.41, 5.74) is 0.111. The third-order valence-corrected chi connectivity index (χ3v) is 3.82. The monoisotopic (exact) mass is 244 g/mol. The SMILES string of the molecule is CCCC(C(CC)C(=O)OO)C(C)(C)CCC. The topological polar surface area (TPSA) is 46.5 Å². The van der Waals surface area contributed by atoms with Crippen LogP contribution in [0.1, 0.15) is 66.7 Å². The highest BCUT2D eigenvalue weighted by atomic mass is 17.1. The summed E-state index contributed by atoms with van der Waals surface area (Å²) in [6, 6.07) is 0. The normalized spacial score (nSPS) is 15.4. The molecule has 0 heterocycles. The van der Waals surface area contributed by atoms with Gasteiger partial charge in [-0.25, -0.2) is 4.79 Å². The van der Waals surface area contributed by atoms with E-state index in [1.54, 1.807) is 0 Å². The molecule has 1 N–H and O–H groups in total. The van der Waals surface area contributed by atoms with E-state index < -0.39 is 5.97 Å². The molecule has 0 saturated heterocycles. The number of hydrogen-bond donors (Lipinski definition) is 1. The van der Waals surface area contributed by atoms with Crippen LogP contribution >= 0.6 is 0 Å². The molecular formula is C14H28O3. The van der Waals surface area contributed by atoms with Gasteiger partial charge in [-0.05, 0) is 30.6 Å². The maximum atomic E-state index is 11.6. The fourth-order valence-corrected chi connectivity index (χ4v) is 2.96. The van der Waals surface area contributed by atoms with Crippen molar-refractivity contribution in [1.29, 1.82) is 0 Å². The van der Waals surface area contributed by atoms with Gasteiger partial charge in [0.05, 0.1) is 5.92 Å². The molecule has 0 aromatic rings. The van der Waals surface area contributed by atoms with Crippen LogP contribution in [-0.4, -0.2) is 11.2 Å². The van der Waals surface area contributed by atoms with Gasteiger partial charge in [0.25, 0.3) is 0 Å².